The van der Waals surface area contributed by atoms with E-state index >= 15 is 0 Å². The van der Waals surface area contributed by atoms with Crippen molar-refractivity contribution in [3.8, 4) is 6.07 Å². The molecule has 6 heteroatoms. The molecule has 16 heavy (non-hydrogen) atoms. The Hall–Kier alpha value is -1.45. The number of nitrogens with two attached hydrogens (primary N) is 1. The molecule has 1 aliphatic carbocycles. The molecule has 0 radical (unpaired) electrons. The summed E-state index contributed by atoms with van der Waals surface area (Å²) in [5.41, 5.74) is 1.77. The third-order valence-corrected chi connectivity index (χ3v) is 3.51. The van der Waals surface area contributed by atoms with E-state index in [0.29, 0.717) is 0 Å². The Morgan fingerprint density at radius 3 is 2.69 bits per heavy atom. The molecule has 0 atom stereocenters. The molecule has 1 aromatic rings. The van der Waals surface area contributed by atoms with E-state index in [4.69, 9.17) is 10.4 Å². The molecular formula is C10H11N3O2S. The molecule has 0 bridgehead atoms. The van der Waals surface area contributed by atoms with Crippen molar-refractivity contribution in [1.29, 1.82) is 5.26 Å². The summed E-state index contributed by atoms with van der Waals surface area (Å²) in [5, 5.41) is 13.6. The van der Waals surface area contributed by atoms with Gasteiger partial charge in [-0.15, -0.1) is 0 Å². The molecule has 1 heterocycles. The Labute approximate surface area is 94.0 Å². The molecule has 0 saturated carbocycles. The zero-order chi connectivity index (χ0) is 11.8. The van der Waals surface area contributed by atoms with Crippen molar-refractivity contribution < 1.29 is 8.42 Å². The highest BCUT2D eigenvalue weighted by Gasteiger charge is 2.21. The van der Waals surface area contributed by atoms with Gasteiger partial charge in [-0.25, -0.2) is 18.5 Å². The van der Waals surface area contributed by atoms with Crippen molar-refractivity contribution in [2.24, 2.45) is 5.14 Å². The molecule has 0 unspecified atom stereocenters. The second-order valence-electron chi connectivity index (χ2n) is 3.81. The highest BCUT2D eigenvalue weighted by molar-refractivity contribution is 7.89. The minimum Gasteiger partial charge on any atom is -0.239 e. The molecule has 0 fully saturated rings. The Bertz CT molecular complexity index is 572. The molecule has 5 nitrogen and oxygen atoms in total. The van der Waals surface area contributed by atoms with E-state index in [1.807, 2.05) is 6.07 Å². The average Bonchev–Trinajstić information content (AvgIpc) is 2.26. The second-order valence-corrected chi connectivity index (χ2v) is 5.29. The van der Waals surface area contributed by atoms with Crippen molar-refractivity contribution in [2.45, 2.75) is 30.7 Å². The van der Waals surface area contributed by atoms with Gasteiger partial charge in [0.1, 0.15) is 6.07 Å². The standard InChI is InChI=1S/C10H11N3O2S/c11-6-8-5-7-3-1-2-4-9(7)13-10(8)16(12,14)15/h5H,1-4H2,(H2,12,14,15). The summed E-state index contributed by atoms with van der Waals surface area (Å²) in [6.07, 6.45) is 3.65. The van der Waals surface area contributed by atoms with Crippen LogP contribution in [0.4, 0.5) is 0 Å². The van der Waals surface area contributed by atoms with Gasteiger partial charge in [-0.05, 0) is 37.3 Å². The van der Waals surface area contributed by atoms with Crippen LogP contribution in [0.5, 0.6) is 0 Å². The maximum absolute atomic E-state index is 11.3. The van der Waals surface area contributed by atoms with Gasteiger partial charge in [0.25, 0.3) is 10.0 Å². The summed E-state index contributed by atoms with van der Waals surface area (Å²) in [6, 6.07) is 3.43. The van der Waals surface area contributed by atoms with Crippen LogP contribution in [-0.4, -0.2) is 13.4 Å². The van der Waals surface area contributed by atoms with Crippen molar-refractivity contribution >= 4 is 10.0 Å². The number of rotatable bonds is 1. The molecule has 84 valence electrons. The van der Waals surface area contributed by atoms with E-state index in [-0.39, 0.29) is 10.6 Å². The molecule has 1 aliphatic rings. The van der Waals surface area contributed by atoms with E-state index in [9.17, 15) is 8.42 Å². The van der Waals surface area contributed by atoms with Gasteiger partial charge in [0.05, 0.1) is 5.56 Å². The molecule has 1 aromatic heterocycles. The second kappa shape index (κ2) is 3.85. The Morgan fingerprint density at radius 1 is 1.38 bits per heavy atom. The van der Waals surface area contributed by atoms with Gasteiger partial charge in [-0.3, -0.25) is 0 Å². The van der Waals surface area contributed by atoms with Gasteiger partial charge in [-0.1, -0.05) is 0 Å². The first-order chi connectivity index (χ1) is 7.52. The van der Waals surface area contributed by atoms with Crippen LogP contribution in [0.3, 0.4) is 0 Å². The fourth-order valence-electron chi connectivity index (χ4n) is 1.91. The van der Waals surface area contributed by atoms with Crippen LogP contribution in [0.1, 0.15) is 29.7 Å². The van der Waals surface area contributed by atoms with Gasteiger partial charge < -0.3 is 0 Å². The fraction of sp³-hybridized carbons (Fsp3) is 0.400. The maximum Gasteiger partial charge on any atom is 0.256 e. The van der Waals surface area contributed by atoms with Gasteiger partial charge in [0.2, 0.25) is 0 Å². The smallest absolute Gasteiger partial charge is 0.239 e. The third-order valence-electron chi connectivity index (χ3n) is 2.66. The van der Waals surface area contributed by atoms with Crippen LogP contribution in [0.25, 0.3) is 0 Å². The number of aryl methyl sites for hydroxylation is 2. The van der Waals surface area contributed by atoms with E-state index in [1.165, 1.54) is 0 Å². The number of hydrogen-bond acceptors (Lipinski definition) is 4. The number of aromatic nitrogens is 1. The molecule has 0 aliphatic heterocycles. The Morgan fingerprint density at radius 2 is 2.06 bits per heavy atom. The quantitative estimate of drug-likeness (QED) is 0.768. The van der Waals surface area contributed by atoms with Crippen LogP contribution in [0.15, 0.2) is 11.1 Å². The molecule has 2 rings (SSSR count). The van der Waals surface area contributed by atoms with Crippen molar-refractivity contribution in [3.05, 3.63) is 22.9 Å². The Kier molecular flexibility index (Phi) is 2.66. The zero-order valence-electron chi connectivity index (χ0n) is 8.60. The first-order valence-electron chi connectivity index (χ1n) is 4.98. The molecule has 0 aromatic carbocycles. The average molecular weight is 237 g/mol. The van der Waals surface area contributed by atoms with E-state index in [2.05, 4.69) is 4.98 Å². The first kappa shape index (κ1) is 11.0. The van der Waals surface area contributed by atoms with Crippen LogP contribution < -0.4 is 5.14 Å². The lowest BCUT2D eigenvalue weighted by Crippen LogP contribution is -2.18. The summed E-state index contributed by atoms with van der Waals surface area (Å²) in [5.74, 6) is 0. The number of hydrogen-bond donors (Lipinski definition) is 1. The van der Waals surface area contributed by atoms with Gasteiger partial charge in [0, 0.05) is 5.69 Å². The van der Waals surface area contributed by atoms with Crippen molar-refractivity contribution in [2.75, 3.05) is 0 Å². The van der Waals surface area contributed by atoms with Crippen LogP contribution in [0, 0.1) is 11.3 Å². The van der Waals surface area contributed by atoms with Gasteiger partial charge >= 0.3 is 0 Å². The van der Waals surface area contributed by atoms with Gasteiger partial charge in [0.15, 0.2) is 5.03 Å². The number of nitrogens with zero attached hydrogens (tertiary/aromatic N) is 2. The van der Waals surface area contributed by atoms with E-state index in [0.717, 1.165) is 36.9 Å². The number of fused-ring (bicyclic) bond motifs is 1. The van der Waals surface area contributed by atoms with Gasteiger partial charge in [-0.2, -0.15) is 5.26 Å². The monoisotopic (exact) mass is 237 g/mol. The van der Waals surface area contributed by atoms with E-state index < -0.39 is 10.0 Å². The number of primary sulfonamides is 1. The molecule has 0 spiro atoms. The fourth-order valence-corrected chi connectivity index (χ4v) is 2.56. The van der Waals surface area contributed by atoms with Crippen molar-refractivity contribution in [1.82, 2.24) is 4.98 Å². The minimum absolute atomic E-state index is 0.0446. The maximum atomic E-state index is 11.3. The molecule has 2 N–H and O–H groups in total. The molecule has 0 amide bonds. The number of sulfonamides is 1. The lowest BCUT2D eigenvalue weighted by Gasteiger charge is -2.15. The Balaban J connectivity index is 2.67. The summed E-state index contributed by atoms with van der Waals surface area (Å²) >= 11 is 0. The van der Waals surface area contributed by atoms with E-state index in [1.54, 1.807) is 6.07 Å². The topological polar surface area (TPSA) is 96.8 Å². The van der Waals surface area contributed by atoms with Crippen LogP contribution >= 0.6 is 0 Å². The SMILES string of the molecule is N#Cc1cc2c(nc1S(N)(=O)=O)CCCC2. The zero-order valence-corrected chi connectivity index (χ0v) is 9.42. The lowest BCUT2D eigenvalue weighted by atomic mass is 9.95. The number of pyridine rings is 1. The summed E-state index contributed by atoms with van der Waals surface area (Å²) < 4.78 is 22.5. The van der Waals surface area contributed by atoms with Crippen LogP contribution in [0.2, 0.25) is 0 Å². The molecular weight excluding hydrogens is 226 g/mol. The third kappa shape index (κ3) is 1.92. The molecule has 0 saturated heterocycles. The summed E-state index contributed by atoms with van der Waals surface area (Å²) in [6.45, 7) is 0. The number of nitriles is 1. The minimum atomic E-state index is -3.91. The highest BCUT2D eigenvalue weighted by atomic mass is 32.2. The lowest BCUT2D eigenvalue weighted by molar-refractivity contribution is 0.590. The van der Waals surface area contributed by atoms with Crippen LogP contribution in [-0.2, 0) is 22.9 Å². The highest BCUT2D eigenvalue weighted by Crippen LogP contribution is 2.23. The van der Waals surface area contributed by atoms with Crippen molar-refractivity contribution in [3.63, 3.8) is 0 Å². The predicted molar refractivity (Wildman–Crippen MR) is 57.0 cm³/mol. The summed E-state index contributed by atoms with van der Waals surface area (Å²) in [7, 11) is -3.91. The largest absolute Gasteiger partial charge is 0.256 e. The predicted octanol–water partition coefficient (Wildman–Crippen LogP) is 0.479. The first-order valence-corrected chi connectivity index (χ1v) is 6.52. The normalized spacial score (nSPS) is 15.2. The summed E-state index contributed by atoms with van der Waals surface area (Å²) in [4.78, 5) is 4.02.